The van der Waals surface area contributed by atoms with Gasteiger partial charge >= 0.3 is 0 Å². The summed E-state index contributed by atoms with van der Waals surface area (Å²) in [5, 5.41) is 5.54. The van der Waals surface area contributed by atoms with Crippen LogP contribution in [0.5, 0.6) is 17.2 Å². The molecule has 0 spiro atoms. The number of carbonyl (C=O) groups is 2. The van der Waals surface area contributed by atoms with Crippen molar-refractivity contribution in [2.45, 2.75) is 31.3 Å². The van der Waals surface area contributed by atoms with Crippen molar-refractivity contribution in [1.82, 2.24) is 20.6 Å². The van der Waals surface area contributed by atoms with Crippen LogP contribution >= 0.6 is 0 Å². The van der Waals surface area contributed by atoms with Crippen molar-refractivity contribution >= 4 is 11.8 Å². The van der Waals surface area contributed by atoms with Crippen molar-refractivity contribution in [3.8, 4) is 17.2 Å². The fourth-order valence-electron chi connectivity index (χ4n) is 3.35. The lowest BCUT2D eigenvalue weighted by Gasteiger charge is -2.21. The minimum atomic E-state index is -1.00. The number of nitrogens with one attached hydrogen (secondary N) is 2. The molecule has 1 atom stereocenters. The Balaban J connectivity index is 1.39. The van der Waals surface area contributed by atoms with E-state index in [1.54, 1.807) is 50.4 Å². The minimum absolute atomic E-state index is 0.267. The second-order valence-electron chi connectivity index (χ2n) is 7.82. The first-order valence-corrected chi connectivity index (χ1v) is 10.4. The van der Waals surface area contributed by atoms with Gasteiger partial charge in [-0.2, -0.15) is 0 Å². The zero-order valence-corrected chi connectivity index (χ0v) is 18.2. The Morgan fingerprint density at radius 3 is 2.27 bits per heavy atom. The summed E-state index contributed by atoms with van der Waals surface area (Å²) in [5.74, 6) is 0.259. The number of benzene rings is 2. The van der Waals surface area contributed by atoms with Crippen LogP contribution in [0.2, 0.25) is 0 Å². The number of amides is 2. The summed E-state index contributed by atoms with van der Waals surface area (Å²) in [6.45, 7) is 1.68. The van der Waals surface area contributed by atoms with Crippen LogP contribution in [0.3, 0.4) is 0 Å². The summed E-state index contributed by atoms with van der Waals surface area (Å²) in [6.07, 6.45) is 5.08. The number of ether oxygens (including phenoxy) is 2. The fourth-order valence-corrected chi connectivity index (χ4v) is 3.35. The topological polar surface area (TPSA) is 102 Å². The molecule has 1 heterocycles. The number of hydrogen-bond donors (Lipinski definition) is 2. The number of methoxy groups -OCH3 is 1. The maximum atomic E-state index is 14.8. The smallest absolute Gasteiger partial charge is 0.255 e. The van der Waals surface area contributed by atoms with Crippen molar-refractivity contribution in [3.63, 3.8) is 0 Å². The van der Waals surface area contributed by atoms with Crippen LogP contribution in [0.15, 0.2) is 61.2 Å². The summed E-state index contributed by atoms with van der Waals surface area (Å²) >= 11 is 0. The van der Waals surface area contributed by atoms with Crippen molar-refractivity contribution in [3.05, 3.63) is 78.1 Å². The molecular formula is C24H23FN4O4. The van der Waals surface area contributed by atoms with Gasteiger partial charge in [0.25, 0.3) is 5.91 Å². The van der Waals surface area contributed by atoms with E-state index in [2.05, 4.69) is 20.6 Å². The molecule has 1 aliphatic carbocycles. The molecule has 0 aliphatic heterocycles. The van der Waals surface area contributed by atoms with E-state index in [4.69, 9.17) is 9.47 Å². The lowest BCUT2D eigenvalue weighted by atomic mass is 10.1. The summed E-state index contributed by atoms with van der Waals surface area (Å²) in [7, 11) is 1.57. The Morgan fingerprint density at radius 1 is 1.03 bits per heavy atom. The monoisotopic (exact) mass is 450 g/mol. The molecule has 0 bridgehead atoms. The van der Waals surface area contributed by atoms with Gasteiger partial charge < -0.3 is 20.1 Å². The standard InChI is InChI=1S/C24H23FN4O4/c1-15(28-23(31)24(9-10-24)29-22(30)16-12-26-14-27-13-16)20-8-7-19(11-21(20)25)33-18-5-3-17(32-2)4-6-18/h3-8,11-15H,9-10H2,1-2H3,(H,28,31)(H,29,30). The molecule has 1 fully saturated rings. The molecule has 33 heavy (non-hydrogen) atoms. The van der Waals surface area contributed by atoms with Crippen LogP contribution in [0.1, 0.15) is 41.7 Å². The van der Waals surface area contributed by atoms with Crippen molar-refractivity contribution < 1.29 is 23.5 Å². The SMILES string of the molecule is COc1ccc(Oc2ccc(C(C)NC(=O)C3(NC(=O)c4cncnc4)CC3)c(F)c2)cc1. The molecule has 8 nitrogen and oxygen atoms in total. The van der Waals surface area contributed by atoms with Crippen molar-refractivity contribution in [2.24, 2.45) is 0 Å². The Morgan fingerprint density at radius 2 is 1.67 bits per heavy atom. The van der Waals surface area contributed by atoms with Gasteiger partial charge in [0.15, 0.2) is 0 Å². The highest BCUT2D eigenvalue weighted by Gasteiger charge is 2.51. The molecule has 0 saturated heterocycles. The van der Waals surface area contributed by atoms with Crippen LogP contribution in [-0.4, -0.2) is 34.4 Å². The molecule has 170 valence electrons. The third-order valence-electron chi connectivity index (χ3n) is 5.44. The molecule has 1 saturated carbocycles. The number of nitrogens with zero attached hydrogens (tertiary/aromatic N) is 2. The normalized spacial score (nSPS) is 14.6. The van der Waals surface area contributed by atoms with E-state index in [0.717, 1.165) is 0 Å². The van der Waals surface area contributed by atoms with Crippen LogP contribution in [0.25, 0.3) is 0 Å². The van der Waals surface area contributed by atoms with Crippen molar-refractivity contribution in [1.29, 1.82) is 0 Å². The second kappa shape index (κ2) is 9.23. The average Bonchev–Trinajstić information content (AvgIpc) is 3.61. The highest BCUT2D eigenvalue weighted by atomic mass is 19.1. The Hall–Kier alpha value is -4.01. The van der Waals surface area contributed by atoms with Gasteiger partial charge in [-0.25, -0.2) is 14.4 Å². The first kappa shape index (κ1) is 22.2. The minimum Gasteiger partial charge on any atom is -0.497 e. The number of rotatable bonds is 8. The molecule has 3 aromatic rings. The number of hydrogen-bond acceptors (Lipinski definition) is 6. The number of halogens is 1. The number of aromatic nitrogens is 2. The molecule has 1 aliphatic rings. The summed E-state index contributed by atoms with van der Waals surface area (Å²) < 4.78 is 25.6. The zero-order chi connectivity index (χ0) is 23.4. The van der Waals surface area contributed by atoms with E-state index in [0.29, 0.717) is 35.7 Å². The Bertz CT molecular complexity index is 1150. The maximum Gasteiger partial charge on any atom is 0.255 e. The first-order valence-electron chi connectivity index (χ1n) is 10.4. The second-order valence-corrected chi connectivity index (χ2v) is 7.82. The average molecular weight is 450 g/mol. The highest BCUT2D eigenvalue weighted by molar-refractivity contribution is 6.00. The fraction of sp³-hybridized carbons (Fsp3) is 0.250. The quantitative estimate of drug-likeness (QED) is 0.544. The van der Waals surface area contributed by atoms with E-state index in [-0.39, 0.29) is 11.5 Å². The Labute approximate surface area is 190 Å². The maximum absolute atomic E-state index is 14.8. The van der Waals surface area contributed by atoms with Crippen LogP contribution < -0.4 is 20.1 Å². The van der Waals surface area contributed by atoms with Crippen LogP contribution in [0.4, 0.5) is 4.39 Å². The summed E-state index contributed by atoms with van der Waals surface area (Å²) in [5.41, 5.74) is -0.429. The molecule has 1 unspecified atom stereocenters. The lowest BCUT2D eigenvalue weighted by molar-refractivity contribution is -0.124. The van der Waals surface area contributed by atoms with E-state index in [1.165, 1.54) is 24.8 Å². The molecule has 4 rings (SSSR count). The van der Waals surface area contributed by atoms with Gasteiger partial charge in [0.05, 0.1) is 18.7 Å². The molecule has 9 heteroatoms. The first-order chi connectivity index (χ1) is 15.9. The molecule has 1 aromatic heterocycles. The van der Waals surface area contributed by atoms with Crippen LogP contribution in [0, 0.1) is 5.82 Å². The summed E-state index contributed by atoms with van der Waals surface area (Å²) in [4.78, 5) is 32.8. The van der Waals surface area contributed by atoms with E-state index in [1.807, 2.05) is 0 Å². The van der Waals surface area contributed by atoms with Gasteiger partial charge in [-0.3, -0.25) is 9.59 Å². The predicted octanol–water partition coefficient (Wildman–Crippen LogP) is 3.56. The van der Waals surface area contributed by atoms with Gasteiger partial charge in [-0.1, -0.05) is 6.07 Å². The van der Waals surface area contributed by atoms with Gasteiger partial charge in [-0.05, 0) is 50.1 Å². The largest absolute Gasteiger partial charge is 0.497 e. The highest BCUT2D eigenvalue weighted by Crippen LogP contribution is 2.37. The van der Waals surface area contributed by atoms with Gasteiger partial charge in [0.1, 0.15) is 34.9 Å². The lowest BCUT2D eigenvalue weighted by Crippen LogP contribution is -2.49. The molecule has 2 aromatic carbocycles. The Kier molecular flexibility index (Phi) is 6.21. The predicted molar refractivity (Wildman–Crippen MR) is 117 cm³/mol. The molecule has 2 amide bonds. The third-order valence-corrected chi connectivity index (χ3v) is 5.44. The third kappa shape index (κ3) is 5.08. The van der Waals surface area contributed by atoms with Gasteiger partial charge in [0, 0.05) is 24.0 Å². The van der Waals surface area contributed by atoms with Crippen LogP contribution in [-0.2, 0) is 4.79 Å². The van der Waals surface area contributed by atoms with E-state index < -0.39 is 23.3 Å². The van der Waals surface area contributed by atoms with E-state index in [9.17, 15) is 14.0 Å². The molecular weight excluding hydrogens is 427 g/mol. The zero-order valence-electron chi connectivity index (χ0n) is 18.2. The molecule has 0 radical (unpaired) electrons. The number of carbonyl (C=O) groups excluding carboxylic acids is 2. The van der Waals surface area contributed by atoms with Crippen molar-refractivity contribution in [2.75, 3.05) is 7.11 Å². The van der Waals surface area contributed by atoms with Gasteiger partial charge in [-0.15, -0.1) is 0 Å². The molecule has 2 N–H and O–H groups in total. The van der Waals surface area contributed by atoms with Gasteiger partial charge in [0.2, 0.25) is 5.91 Å². The van der Waals surface area contributed by atoms with E-state index >= 15 is 0 Å². The summed E-state index contributed by atoms with van der Waals surface area (Å²) in [6, 6.07) is 10.8.